The van der Waals surface area contributed by atoms with Crippen molar-refractivity contribution in [3.8, 4) is 16.3 Å². The van der Waals surface area contributed by atoms with Gasteiger partial charge in [0, 0.05) is 11.6 Å². The normalized spacial score (nSPS) is 26.1. The minimum Gasteiger partial charge on any atom is -0.406 e. The monoisotopic (exact) mass is 588 g/mol. The Morgan fingerprint density at radius 2 is 1.83 bits per heavy atom. The van der Waals surface area contributed by atoms with Gasteiger partial charge in [-0.15, -0.1) is 24.5 Å². The number of thiazole rings is 1. The highest BCUT2D eigenvalue weighted by Gasteiger charge is 2.74. The van der Waals surface area contributed by atoms with Gasteiger partial charge in [-0.3, -0.25) is 4.98 Å². The van der Waals surface area contributed by atoms with Crippen LogP contribution in [0.15, 0.2) is 36.5 Å². The van der Waals surface area contributed by atoms with Crippen LogP contribution in [0.3, 0.4) is 0 Å². The predicted molar refractivity (Wildman–Crippen MR) is 146 cm³/mol. The van der Waals surface area contributed by atoms with E-state index < -0.39 is 36.1 Å². The Labute approximate surface area is 236 Å². The number of hydrogen-bond donors (Lipinski definition) is 5. The zero-order valence-electron chi connectivity index (χ0n) is 22.1. The Bertz CT molecular complexity index is 1620. The first kappa shape index (κ1) is 27.6. The molecule has 6 rings (SSSR count). The van der Waals surface area contributed by atoms with E-state index in [9.17, 15) is 28.5 Å². The highest BCUT2D eigenvalue weighted by atomic mass is 32.1. The van der Waals surface area contributed by atoms with E-state index in [1.807, 2.05) is 19.9 Å². The number of aliphatic hydroxyl groups is 3. The van der Waals surface area contributed by atoms with Crippen LogP contribution in [0.1, 0.15) is 36.3 Å². The van der Waals surface area contributed by atoms with Crippen molar-refractivity contribution >= 4 is 33.3 Å². The van der Waals surface area contributed by atoms with Gasteiger partial charge in [0.2, 0.25) is 5.95 Å². The summed E-state index contributed by atoms with van der Waals surface area (Å²) in [4.78, 5) is 18.4. The number of aliphatic hydroxyl groups excluding tert-OH is 2. The number of nitrogens with one attached hydrogen (secondary N) is 2. The van der Waals surface area contributed by atoms with Gasteiger partial charge in [-0.2, -0.15) is 4.98 Å². The van der Waals surface area contributed by atoms with Crippen molar-refractivity contribution in [3.05, 3.63) is 53.5 Å². The summed E-state index contributed by atoms with van der Waals surface area (Å²) in [5.74, 6) is -0.127. The number of alkyl halides is 3. The average molecular weight is 589 g/mol. The molecule has 10 nitrogen and oxygen atoms in total. The molecular formula is C27H27F3N6O4S. The number of aromatic nitrogens is 4. The molecule has 6 atom stereocenters. The second kappa shape index (κ2) is 9.76. The number of pyridine rings is 1. The minimum absolute atomic E-state index is 0.242. The molecule has 216 valence electrons. The van der Waals surface area contributed by atoms with Crippen LogP contribution in [-0.4, -0.2) is 65.5 Å². The topological polar surface area (TPSA) is 146 Å². The highest BCUT2D eigenvalue weighted by Crippen LogP contribution is 2.56. The number of halogens is 3. The van der Waals surface area contributed by atoms with Gasteiger partial charge >= 0.3 is 6.36 Å². The molecule has 4 aromatic rings. The van der Waals surface area contributed by atoms with Gasteiger partial charge in [0.05, 0.1) is 40.3 Å². The lowest BCUT2D eigenvalue weighted by Crippen LogP contribution is -2.42. The van der Waals surface area contributed by atoms with Crippen molar-refractivity contribution < 1.29 is 33.2 Å². The van der Waals surface area contributed by atoms with E-state index in [4.69, 9.17) is 9.97 Å². The standard InChI is InChI=1S/C27H27F3N6O4S/c1-11-8-19-18(10-31-11)35-24(41-19)20-13(3)33-25(32-12(2)14-4-6-15(7-5-14)40-27(28,29)30)36-23(20)34-17-9-16-21(37)26(16,39)22(17)38/h4-8,10,12,16-17,21-22,37-39H,9H2,1-3H3,(H2,32,33,34,36). The molecule has 0 saturated heterocycles. The van der Waals surface area contributed by atoms with Crippen LogP contribution in [0.4, 0.5) is 24.9 Å². The van der Waals surface area contributed by atoms with Gasteiger partial charge in [0.15, 0.2) is 0 Å². The first-order valence-corrected chi connectivity index (χ1v) is 13.7. The minimum atomic E-state index is -4.78. The Morgan fingerprint density at radius 1 is 1.10 bits per heavy atom. The molecule has 2 fully saturated rings. The van der Waals surface area contributed by atoms with Gasteiger partial charge < -0.3 is 30.7 Å². The van der Waals surface area contributed by atoms with Crippen LogP contribution in [-0.2, 0) is 0 Å². The van der Waals surface area contributed by atoms with Crippen molar-refractivity contribution in [2.45, 2.75) is 63.4 Å². The van der Waals surface area contributed by atoms with E-state index in [-0.39, 0.29) is 17.7 Å². The second-order valence-electron chi connectivity index (χ2n) is 10.5. The van der Waals surface area contributed by atoms with Gasteiger partial charge in [-0.05, 0) is 51.0 Å². The quantitative estimate of drug-likeness (QED) is 0.214. The molecule has 3 heterocycles. The van der Waals surface area contributed by atoms with Crippen molar-refractivity contribution in [1.29, 1.82) is 0 Å². The maximum atomic E-state index is 12.5. The molecule has 0 aliphatic heterocycles. The van der Waals surface area contributed by atoms with E-state index in [0.717, 1.165) is 10.4 Å². The van der Waals surface area contributed by atoms with Crippen molar-refractivity contribution in [1.82, 2.24) is 19.9 Å². The number of ether oxygens (including phenoxy) is 1. The molecule has 2 aliphatic carbocycles. The first-order valence-electron chi connectivity index (χ1n) is 12.9. The summed E-state index contributed by atoms with van der Waals surface area (Å²) in [5, 5.41) is 38.5. The van der Waals surface area contributed by atoms with E-state index in [0.29, 0.717) is 39.6 Å². The lowest BCUT2D eigenvalue weighted by atomic mass is 10.1. The molecule has 14 heteroatoms. The Morgan fingerprint density at radius 3 is 2.49 bits per heavy atom. The molecule has 0 spiro atoms. The molecule has 0 amide bonds. The molecule has 6 unspecified atom stereocenters. The fraction of sp³-hybridized carbons (Fsp3) is 0.407. The third kappa shape index (κ3) is 5.05. The molecule has 5 N–H and O–H groups in total. The van der Waals surface area contributed by atoms with Crippen LogP contribution in [0, 0.1) is 19.8 Å². The smallest absolute Gasteiger partial charge is 0.406 e. The average Bonchev–Trinajstić information content (AvgIpc) is 3.15. The zero-order chi connectivity index (χ0) is 29.3. The third-order valence-corrected chi connectivity index (χ3v) is 8.73. The number of benzene rings is 1. The Kier molecular flexibility index (Phi) is 6.56. The predicted octanol–water partition coefficient (Wildman–Crippen LogP) is 4.10. The summed E-state index contributed by atoms with van der Waals surface area (Å²) in [6, 6.07) is 6.48. The SMILES string of the molecule is Cc1cc2sc(-c3c(C)nc(NC(C)c4ccc(OC(F)(F)F)cc4)nc3NC3CC4C(O)C4(O)C3O)nc2cn1. The van der Waals surface area contributed by atoms with Crippen LogP contribution < -0.4 is 15.4 Å². The fourth-order valence-corrected chi connectivity index (χ4v) is 6.60. The van der Waals surface area contributed by atoms with E-state index in [1.54, 1.807) is 13.1 Å². The summed E-state index contributed by atoms with van der Waals surface area (Å²) in [7, 11) is 0. The van der Waals surface area contributed by atoms with Crippen LogP contribution in [0.2, 0.25) is 0 Å². The fourth-order valence-electron chi connectivity index (χ4n) is 5.47. The number of nitrogens with zero attached hydrogens (tertiary/aromatic N) is 4. The highest BCUT2D eigenvalue weighted by molar-refractivity contribution is 7.21. The third-order valence-electron chi connectivity index (χ3n) is 7.70. The number of fused-ring (bicyclic) bond motifs is 2. The van der Waals surface area contributed by atoms with Gasteiger partial charge in [-0.1, -0.05) is 12.1 Å². The van der Waals surface area contributed by atoms with Crippen LogP contribution in [0.25, 0.3) is 20.8 Å². The molecule has 2 saturated carbocycles. The lowest BCUT2D eigenvalue weighted by Gasteiger charge is -2.25. The first-order chi connectivity index (χ1) is 19.3. The molecule has 3 aromatic heterocycles. The maximum absolute atomic E-state index is 12.5. The molecule has 0 bridgehead atoms. The molecule has 2 aliphatic rings. The van der Waals surface area contributed by atoms with Crippen LogP contribution in [0.5, 0.6) is 5.75 Å². The lowest BCUT2D eigenvalue weighted by molar-refractivity contribution is -0.274. The molecule has 1 aromatic carbocycles. The van der Waals surface area contributed by atoms with Gasteiger partial charge in [-0.25, -0.2) is 9.97 Å². The van der Waals surface area contributed by atoms with Gasteiger partial charge in [0.25, 0.3) is 0 Å². The van der Waals surface area contributed by atoms with Crippen molar-refractivity contribution in [2.24, 2.45) is 5.92 Å². The summed E-state index contributed by atoms with van der Waals surface area (Å²) >= 11 is 1.45. The van der Waals surface area contributed by atoms with E-state index in [1.165, 1.54) is 35.6 Å². The number of anilines is 2. The second-order valence-corrected chi connectivity index (χ2v) is 11.6. The van der Waals surface area contributed by atoms with Gasteiger partial charge in [0.1, 0.15) is 33.8 Å². The maximum Gasteiger partial charge on any atom is 0.573 e. The van der Waals surface area contributed by atoms with Crippen LogP contribution >= 0.6 is 11.3 Å². The number of aryl methyl sites for hydroxylation is 2. The van der Waals surface area contributed by atoms with E-state index in [2.05, 4.69) is 25.3 Å². The summed E-state index contributed by atoms with van der Waals surface area (Å²) < 4.78 is 42.5. The van der Waals surface area contributed by atoms with Crippen molar-refractivity contribution in [3.63, 3.8) is 0 Å². The number of rotatable bonds is 7. The Balaban J connectivity index is 1.32. The van der Waals surface area contributed by atoms with Crippen molar-refractivity contribution in [2.75, 3.05) is 10.6 Å². The summed E-state index contributed by atoms with van der Waals surface area (Å²) in [5.41, 5.74) is 1.91. The summed E-state index contributed by atoms with van der Waals surface area (Å²) in [6.45, 7) is 5.51. The Hall–Kier alpha value is -3.59. The largest absolute Gasteiger partial charge is 0.573 e. The van der Waals surface area contributed by atoms with E-state index >= 15 is 0 Å². The molecule has 41 heavy (non-hydrogen) atoms. The summed E-state index contributed by atoms with van der Waals surface area (Å²) in [6.07, 6.45) is -4.91. The molecule has 0 radical (unpaired) electrons. The zero-order valence-corrected chi connectivity index (χ0v) is 23.0. The molecular weight excluding hydrogens is 561 g/mol. The number of hydrogen-bond acceptors (Lipinski definition) is 11.